The fourth-order valence-corrected chi connectivity index (χ4v) is 13.4. The highest BCUT2D eigenvalue weighted by molar-refractivity contribution is 7.86. The molecule has 2 aromatic carbocycles. The average Bonchev–Trinajstić information content (AvgIpc) is 1.59. The smallest absolute Gasteiger partial charge is 0.456 e. The first-order valence-corrected chi connectivity index (χ1v) is 33.0. The number of nitrogens with zero attached hydrogens (tertiary/aromatic N) is 5. The molecule has 29 nitrogen and oxygen atoms in total. The minimum atomic E-state index is -5.57. The second-order valence-corrected chi connectivity index (χ2v) is 26.3. The number of allylic oxidation sites excluding steroid dienone is 3. The Morgan fingerprint density at radius 2 is 1.71 bits per heavy atom. The quantitative estimate of drug-likeness (QED) is 0.0180. The Hall–Kier alpha value is -6.96. The summed E-state index contributed by atoms with van der Waals surface area (Å²) in [6.45, 7) is 8.00. The van der Waals surface area contributed by atoms with Crippen LogP contribution in [0.25, 0.3) is 39.9 Å². The molecular formula is C53H67N9O20P2S2+2. The van der Waals surface area contributed by atoms with Gasteiger partial charge in [-0.25, -0.2) is 23.1 Å². The van der Waals surface area contributed by atoms with E-state index in [0.717, 1.165) is 45.3 Å². The molecule has 8 rings (SSSR count). The number of fused-ring (bicyclic) bond motifs is 3. The lowest BCUT2D eigenvalue weighted by molar-refractivity contribution is -0.745. The largest absolute Gasteiger partial charge is 0.481 e. The van der Waals surface area contributed by atoms with Crippen molar-refractivity contribution >= 4 is 76.8 Å². The van der Waals surface area contributed by atoms with Gasteiger partial charge in [-0.2, -0.15) is 21.1 Å². The second-order valence-electron chi connectivity index (χ2n) is 20.5. The number of benzene rings is 3. The van der Waals surface area contributed by atoms with Gasteiger partial charge in [0.15, 0.2) is 18.5 Å². The monoisotopic (exact) mass is 1280 g/mol. The van der Waals surface area contributed by atoms with Crippen molar-refractivity contribution in [2.45, 2.75) is 88.2 Å². The van der Waals surface area contributed by atoms with Crippen LogP contribution in [0.3, 0.4) is 0 Å². The van der Waals surface area contributed by atoms with Gasteiger partial charge < -0.3 is 54.9 Å². The first-order chi connectivity index (χ1) is 40.4. The standard InChI is InChI=1S/C53H65N9O20P2S2/c1-6-60(7-2)34-19-21-37-36(32(3)46(79-40(37)28-34)33-14-9-8-10-15-33)16-11-17-42-53(4,38-29-35(86(75,76)77)20-22-39(38)61(42)26-13-27-85(72,73)74)23-12-18-43(63)55-24-25-56-52(66)81-47-41(30-78-84(70,71)82-83(67,68)69)80-50(45(47)64)62-31-59(5)44-48(62)57-51(54)58-49(44)65/h8-11,14-17,19-22,28-29,31,41,45,47,50,64H,6-7,12-13,18,23-27,30H2,1-5H3,(H8-2,54,55,56,57,58,63,65,66,67,68,69,70,71,72,73,74,75,76,77)/p+2/t41-,45-,47-,50-,53?/m1/s1. The van der Waals surface area contributed by atoms with Crippen molar-refractivity contribution in [1.82, 2.24) is 29.7 Å². The van der Waals surface area contributed by atoms with Gasteiger partial charge in [0.05, 0.1) is 30.4 Å². The summed E-state index contributed by atoms with van der Waals surface area (Å²) in [4.78, 5) is 75.5. The van der Waals surface area contributed by atoms with Crippen LogP contribution in [0.2, 0.25) is 0 Å². The van der Waals surface area contributed by atoms with Crippen LogP contribution in [0, 0.1) is 6.92 Å². The molecular weight excluding hydrogens is 1210 g/mol. The number of nitrogen functional groups attached to an aromatic ring is 1. The maximum absolute atomic E-state index is 13.5. The van der Waals surface area contributed by atoms with Crippen LogP contribution in [-0.2, 0) is 64.9 Å². The van der Waals surface area contributed by atoms with Crippen LogP contribution >= 0.6 is 15.6 Å². The number of imidazole rings is 1. The van der Waals surface area contributed by atoms with E-state index < -0.39 is 101 Å². The second kappa shape index (κ2) is 26.2. The maximum atomic E-state index is 13.5. The lowest BCUT2D eigenvalue weighted by Gasteiger charge is -2.30. The molecule has 11 N–H and O–H groups in total. The third-order valence-corrected chi connectivity index (χ3v) is 18.5. The minimum absolute atomic E-state index is 0.0231. The van der Waals surface area contributed by atoms with E-state index >= 15 is 0 Å². The number of H-pyrrole nitrogens is 1. The third kappa shape index (κ3) is 15.1. The number of aromatic amines is 1. The number of rotatable bonds is 24. The zero-order valence-corrected chi connectivity index (χ0v) is 50.6. The number of aliphatic hydroxyl groups is 1. The summed E-state index contributed by atoms with van der Waals surface area (Å²) >= 11 is 0. The summed E-state index contributed by atoms with van der Waals surface area (Å²) in [5.41, 5.74) is 8.72. The normalized spacial score (nSPS) is 20.2. The van der Waals surface area contributed by atoms with Gasteiger partial charge in [-0.05, 0) is 88.4 Å². The van der Waals surface area contributed by atoms with Crippen LogP contribution < -0.4 is 41.3 Å². The van der Waals surface area contributed by atoms with Crippen molar-refractivity contribution < 1.29 is 91.7 Å². The summed E-state index contributed by atoms with van der Waals surface area (Å²) in [6.07, 6.45) is -0.903. The molecule has 1 saturated heterocycles. The van der Waals surface area contributed by atoms with Crippen molar-refractivity contribution in [2.24, 2.45) is 7.05 Å². The summed E-state index contributed by atoms with van der Waals surface area (Å²) in [5, 5.41) is 17.6. The van der Waals surface area contributed by atoms with Crippen LogP contribution in [0.1, 0.15) is 69.4 Å². The van der Waals surface area contributed by atoms with Gasteiger partial charge in [-0.3, -0.25) is 32.8 Å². The molecule has 86 heavy (non-hydrogen) atoms. The average molecular weight is 1280 g/mol. The Bertz CT molecular complexity index is 4050. The molecule has 4 aliphatic rings. The Labute approximate surface area is 493 Å². The topological polar surface area (TPSA) is 419 Å². The van der Waals surface area contributed by atoms with Gasteiger partial charge in [0, 0.05) is 65.6 Å². The molecule has 2 amide bonds. The number of aliphatic hydroxyl groups excluding tert-OH is 1. The van der Waals surface area contributed by atoms with E-state index in [2.05, 4.69) is 43.3 Å². The fraction of sp³-hybridized carbons (Fsp3) is 0.396. The highest BCUT2D eigenvalue weighted by Gasteiger charge is 2.51. The molecule has 33 heteroatoms. The van der Waals surface area contributed by atoms with E-state index in [1.165, 1.54) is 36.1 Å². The molecule has 0 radical (unpaired) electrons. The predicted molar refractivity (Wildman–Crippen MR) is 311 cm³/mol. The van der Waals surface area contributed by atoms with Crippen molar-refractivity contribution in [3.05, 3.63) is 123 Å². The number of carbonyl (C=O) groups is 2. The van der Waals surface area contributed by atoms with Crippen molar-refractivity contribution in [1.29, 1.82) is 0 Å². The Morgan fingerprint density at radius 3 is 2.38 bits per heavy atom. The van der Waals surface area contributed by atoms with Gasteiger partial charge in [0.2, 0.25) is 23.0 Å². The number of aryl methyl sites for hydroxylation is 1. The van der Waals surface area contributed by atoms with Gasteiger partial charge in [-0.1, -0.05) is 47.5 Å². The molecule has 3 aliphatic heterocycles. The van der Waals surface area contributed by atoms with Gasteiger partial charge in [-0.15, -0.1) is 0 Å². The molecule has 1 fully saturated rings. The van der Waals surface area contributed by atoms with Crippen LogP contribution in [0.15, 0.2) is 105 Å². The summed E-state index contributed by atoms with van der Waals surface area (Å²) in [5.74, 6) is -0.101. The van der Waals surface area contributed by atoms with Crippen LogP contribution in [0.5, 0.6) is 0 Å². The number of hydrogen-bond acceptors (Lipinski definition) is 18. The lowest BCUT2D eigenvalue weighted by Crippen LogP contribution is -2.47. The number of aromatic nitrogens is 4. The molecule has 1 aliphatic carbocycles. The Balaban J connectivity index is 1.00. The summed E-state index contributed by atoms with van der Waals surface area (Å²) in [6, 6.07) is 19.7. The number of phosphoric acid groups is 2. The lowest BCUT2D eigenvalue weighted by atomic mass is 9.77. The number of nitrogens with two attached hydrogens (primary N) is 1. The summed E-state index contributed by atoms with van der Waals surface area (Å²) in [7, 11) is -18.7. The van der Waals surface area contributed by atoms with E-state index in [4.69, 9.17) is 33.9 Å². The molecule has 5 heterocycles. The van der Waals surface area contributed by atoms with E-state index in [9.17, 15) is 59.5 Å². The number of phosphoric ester groups is 1. The van der Waals surface area contributed by atoms with E-state index in [1.807, 2.05) is 85.5 Å². The number of hydrogen-bond donors (Lipinski definition) is 10. The molecule has 2 unspecified atom stereocenters. The highest BCUT2D eigenvalue weighted by atomic mass is 32.2. The van der Waals surface area contributed by atoms with Crippen molar-refractivity contribution in [2.75, 3.05) is 55.7 Å². The SMILES string of the molecule is CC[N+](CC)=c1ccc2c(/C=C/C=C3\N(CCCS(=O)(=O)O)c4ccc(S(=O)(=O)O)cc4C3(C)CCCC(=O)NCCNC(=O)O[C@H]3[C@@H](O)[C@H]([n+]4cn(C)c5c(=O)[nH]c(N)nc54)O[C@@H]3COP(=O)(O)OP(=O)(O)O)c(C)c(-c3ccccc3)oc-2c1. The molecule has 0 spiro atoms. The number of anilines is 2. The maximum Gasteiger partial charge on any atom is 0.481 e. The van der Waals surface area contributed by atoms with Gasteiger partial charge >= 0.3 is 27.4 Å². The predicted octanol–water partition coefficient (Wildman–Crippen LogP) is 3.38. The Morgan fingerprint density at radius 1 is 1.00 bits per heavy atom. The number of ether oxygens (including phenoxy) is 2. The number of amides is 2. The first-order valence-electron chi connectivity index (χ1n) is 26.9. The van der Waals surface area contributed by atoms with Crippen molar-refractivity contribution in [3.8, 4) is 22.6 Å². The molecule has 0 saturated carbocycles. The van der Waals surface area contributed by atoms with Crippen LogP contribution in [0.4, 0.5) is 16.4 Å². The van der Waals surface area contributed by atoms with Gasteiger partial charge in [0.1, 0.15) is 30.7 Å². The fourth-order valence-electron chi connectivity index (χ4n) is 10.8. The molecule has 2 aromatic heterocycles. The first kappa shape index (κ1) is 65.0. The number of nitrogens with one attached hydrogen (secondary N) is 3. The van der Waals surface area contributed by atoms with Crippen LogP contribution in [-0.4, -0.2) is 136 Å². The van der Waals surface area contributed by atoms with Crippen molar-refractivity contribution in [3.63, 3.8) is 0 Å². The molecule has 0 bridgehead atoms. The zero-order valence-electron chi connectivity index (χ0n) is 47.2. The highest BCUT2D eigenvalue weighted by Crippen LogP contribution is 2.58. The van der Waals surface area contributed by atoms with E-state index in [1.54, 1.807) is 0 Å². The Kier molecular flexibility index (Phi) is 19.8. The molecule has 6 atom stereocenters. The minimum Gasteiger partial charge on any atom is -0.456 e. The van der Waals surface area contributed by atoms with Gasteiger partial charge in [0.25, 0.3) is 31.7 Å². The third-order valence-electron chi connectivity index (χ3n) is 14.7. The number of carbonyl (C=O) groups excluding carboxylic acids is 2. The molecule has 4 aromatic rings. The van der Waals surface area contributed by atoms with E-state index in [0.29, 0.717) is 28.5 Å². The molecule has 464 valence electrons. The number of alkyl carbamates (subject to hydrolysis) is 1. The zero-order chi connectivity index (χ0) is 62.7. The summed E-state index contributed by atoms with van der Waals surface area (Å²) < 4.78 is 124. The van der Waals surface area contributed by atoms with E-state index in [-0.39, 0.29) is 62.4 Å².